The monoisotopic (exact) mass is 283 g/mol. The second-order valence-electron chi connectivity index (χ2n) is 5.37. The first-order chi connectivity index (χ1) is 10.4. The number of benzene rings is 2. The van der Waals surface area contributed by atoms with Crippen LogP contribution in [0.1, 0.15) is 18.0 Å². The van der Waals surface area contributed by atoms with Gasteiger partial charge in [-0.3, -0.25) is 0 Å². The summed E-state index contributed by atoms with van der Waals surface area (Å²) < 4.78 is 11.3. The van der Waals surface area contributed by atoms with Crippen LogP contribution in [0.2, 0.25) is 0 Å². The maximum Gasteiger partial charge on any atom is 0.127 e. The van der Waals surface area contributed by atoms with Crippen LogP contribution in [-0.4, -0.2) is 20.3 Å². The summed E-state index contributed by atoms with van der Waals surface area (Å²) >= 11 is 0. The Morgan fingerprint density at radius 2 is 1.76 bits per heavy atom. The predicted molar refractivity (Wildman–Crippen MR) is 83.7 cm³/mol. The molecule has 2 aromatic rings. The quantitative estimate of drug-likeness (QED) is 0.906. The molecule has 2 aromatic carbocycles. The van der Waals surface area contributed by atoms with Crippen molar-refractivity contribution in [1.82, 2.24) is 5.32 Å². The van der Waals surface area contributed by atoms with Gasteiger partial charge in [0, 0.05) is 18.6 Å². The number of rotatable bonds is 5. The molecule has 2 unspecified atom stereocenters. The van der Waals surface area contributed by atoms with Gasteiger partial charge in [-0.15, -0.1) is 0 Å². The Labute approximate surface area is 125 Å². The minimum absolute atomic E-state index is 0.346. The lowest BCUT2D eigenvalue weighted by molar-refractivity contribution is 0.178. The molecule has 1 fully saturated rings. The summed E-state index contributed by atoms with van der Waals surface area (Å²) in [7, 11) is 2.01. The highest BCUT2D eigenvalue weighted by Gasteiger charge is 2.25. The number of hydrogen-bond acceptors (Lipinski definition) is 3. The van der Waals surface area contributed by atoms with Crippen LogP contribution in [0.5, 0.6) is 11.5 Å². The van der Waals surface area contributed by atoms with E-state index in [0.29, 0.717) is 12.0 Å². The fourth-order valence-corrected chi connectivity index (χ4v) is 2.86. The summed E-state index contributed by atoms with van der Waals surface area (Å²) in [6, 6.07) is 18.5. The Balaban J connectivity index is 1.71. The molecule has 0 radical (unpaired) electrons. The molecule has 3 heteroatoms. The average Bonchev–Trinajstić information content (AvgIpc) is 3.05. The van der Waals surface area contributed by atoms with Gasteiger partial charge in [-0.25, -0.2) is 0 Å². The normalized spacial score (nSPS) is 19.4. The van der Waals surface area contributed by atoms with Crippen LogP contribution in [-0.2, 0) is 4.74 Å². The SMILES string of the molecule is CNC(c1ccc(Oc2ccccc2)cc1)C1CCOC1. The van der Waals surface area contributed by atoms with Crippen molar-refractivity contribution in [3.63, 3.8) is 0 Å². The van der Waals surface area contributed by atoms with E-state index >= 15 is 0 Å². The van der Waals surface area contributed by atoms with Crippen molar-refractivity contribution in [2.45, 2.75) is 12.5 Å². The summed E-state index contributed by atoms with van der Waals surface area (Å²) in [5.41, 5.74) is 1.29. The van der Waals surface area contributed by atoms with Crippen LogP contribution >= 0.6 is 0 Å². The molecular weight excluding hydrogens is 262 g/mol. The zero-order valence-electron chi connectivity index (χ0n) is 12.3. The number of ether oxygens (including phenoxy) is 2. The van der Waals surface area contributed by atoms with Gasteiger partial charge in [0.25, 0.3) is 0 Å². The Hall–Kier alpha value is -1.84. The lowest BCUT2D eigenvalue weighted by Crippen LogP contribution is -2.25. The molecule has 0 spiro atoms. The molecule has 2 atom stereocenters. The summed E-state index contributed by atoms with van der Waals surface area (Å²) in [5.74, 6) is 2.28. The Kier molecular flexibility index (Phi) is 4.53. The zero-order chi connectivity index (χ0) is 14.5. The van der Waals surface area contributed by atoms with E-state index in [1.165, 1.54) is 5.56 Å². The minimum Gasteiger partial charge on any atom is -0.457 e. The van der Waals surface area contributed by atoms with Crippen molar-refractivity contribution in [2.75, 3.05) is 20.3 Å². The van der Waals surface area contributed by atoms with Crippen molar-refractivity contribution in [3.8, 4) is 11.5 Å². The molecule has 110 valence electrons. The first-order valence-electron chi connectivity index (χ1n) is 7.44. The molecule has 3 nitrogen and oxygen atoms in total. The third kappa shape index (κ3) is 3.43. The zero-order valence-corrected chi connectivity index (χ0v) is 12.3. The second-order valence-corrected chi connectivity index (χ2v) is 5.37. The van der Waals surface area contributed by atoms with Crippen molar-refractivity contribution in [1.29, 1.82) is 0 Å². The van der Waals surface area contributed by atoms with Gasteiger partial charge in [-0.2, -0.15) is 0 Å². The Morgan fingerprint density at radius 1 is 1.05 bits per heavy atom. The molecule has 1 aliphatic heterocycles. The van der Waals surface area contributed by atoms with Crippen molar-refractivity contribution in [2.24, 2.45) is 5.92 Å². The molecule has 1 aliphatic rings. The lowest BCUT2D eigenvalue weighted by Gasteiger charge is -2.22. The van der Waals surface area contributed by atoms with Gasteiger partial charge in [0.2, 0.25) is 0 Å². The molecule has 21 heavy (non-hydrogen) atoms. The van der Waals surface area contributed by atoms with Crippen LogP contribution < -0.4 is 10.1 Å². The maximum absolute atomic E-state index is 5.83. The molecular formula is C18H21NO2. The molecule has 1 N–H and O–H groups in total. The predicted octanol–water partition coefficient (Wildman–Crippen LogP) is 3.78. The summed E-state index contributed by atoms with van der Waals surface area (Å²) in [5, 5.41) is 3.41. The van der Waals surface area contributed by atoms with Crippen molar-refractivity contribution < 1.29 is 9.47 Å². The van der Waals surface area contributed by atoms with Crippen LogP contribution in [0, 0.1) is 5.92 Å². The minimum atomic E-state index is 0.346. The molecule has 1 saturated heterocycles. The smallest absolute Gasteiger partial charge is 0.127 e. The summed E-state index contributed by atoms with van der Waals surface area (Å²) in [4.78, 5) is 0. The topological polar surface area (TPSA) is 30.5 Å². The van der Waals surface area contributed by atoms with E-state index in [-0.39, 0.29) is 0 Å². The Morgan fingerprint density at radius 3 is 2.38 bits per heavy atom. The summed E-state index contributed by atoms with van der Waals surface area (Å²) in [6.45, 7) is 1.71. The molecule has 0 saturated carbocycles. The van der Waals surface area contributed by atoms with Crippen LogP contribution in [0.3, 0.4) is 0 Å². The van der Waals surface area contributed by atoms with Crippen LogP contribution in [0.25, 0.3) is 0 Å². The van der Waals surface area contributed by atoms with E-state index in [2.05, 4.69) is 17.4 Å². The van der Waals surface area contributed by atoms with E-state index in [1.54, 1.807) is 0 Å². The van der Waals surface area contributed by atoms with Gasteiger partial charge < -0.3 is 14.8 Å². The standard InChI is InChI=1S/C18H21NO2/c1-19-18(15-11-12-20-13-15)14-7-9-17(10-8-14)21-16-5-3-2-4-6-16/h2-10,15,18-19H,11-13H2,1H3. The molecule has 0 aromatic heterocycles. The van der Waals surface area contributed by atoms with Gasteiger partial charge >= 0.3 is 0 Å². The van der Waals surface area contributed by atoms with Crippen molar-refractivity contribution >= 4 is 0 Å². The highest BCUT2D eigenvalue weighted by atomic mass is 16.5. The number of para-hydroxylation sites is 1. The Bertz CT molecular complexity index is 547. The third-order valence-electron chi connectivity index (χ3n) is 3.97. The first kappa shape index (κ1) is 14.1. The van der Waals surface area contributed by atoms with Gasteiger partial charge in [0.1, 0.15) is 11.5 Å². The first-order valence-corrected chi connectivity index (χ1v) is 7.44. The van der Waals surface area contributed by atoms with E-state index in [4.69, 9.17) is 9.47 Å². The van der Waals surface area contributed by atoms with Crippen molar-refractivity contribution in [3.05, 3.63) is 60.2 Å². The molecule has 1 heterocycles. The largest absolute Gasteiger partial charge is 0.457 e. The highest BCUT2D eigenvalue weighted by molar-refractivity contribution is 5.34. The van der Waals surface area contributed by atoms with E-state index in [1.807, 2.05) is 49.5 Å². The van der Waals surface area contributed by atoms with Gasteiger partial charge in [-0.05, 0) is 43.3 Å². The van der Waals surface area contributed by atoms with E-state index < -0.39 is 0 Å². The lowest BCUT2D eigenvalue weighted by atomic mass is 9.92. The fraction of sp³-hybridized carbons (Fsp3) is 0.333. The van der Waals surface area contributed by atoms with Crippen LogP contribution in [0.4, 0.5) is 0 Å². The fourth-order valence-electron chi connectivity index (χ4n) is 2.86. The van der Waals surface area contributed by atoms with Gasteiger partial charge in [-0.1, -0.05) is 30.3 Å². The maximum atomic E-state index is 5.83. The molecule has 0 aliphatic carbocycles. The third-order valence-corrected chi connectivity index (χ3v) is 3.97. The molecule has 0 amide bonds. The van der Waals surface area contributed by atoms with Crippen LogP contribution in [0.15, 0.2) is 54.6 Å². The number of nitrogens with one attached hydrogen (secondary N) is 1. The van der Waals surface area contributed by atoms with Gasteiger partial charge in [0.15, 0.2) is 0 Å². The van der Waals surface area contributed by atoms with Gasteiger partial charge in [0.05, 0.1) is 6.61 Å². The second kappa shape index (κ2) is 6.74. The average molecular weight is 283 g/mol. The van der Waals surface area contributed by atoms with E-state index in [0.717, 1.165) is 31.1 Å². The highest BCUT2D eigenvalue weighted by Crippen LogP contribution is 2.30. The molecule has 0 bridgehead atoms. The molecule has 3 rings (SSSR count). The number of hydrogen-bond donors (Lipinski definition) is 1. The van der Waals surface area contributed by atoms with E-state index in [9.17, 15) is 0 Å². The summed E-state index contributed by atoms with van der Waals surface area (Å²) in [6.07, 6.45) is 1.12.